The Bertz CT molecular complexity index is 1420. The molecule has 1 aliphatic heterocycles. The summed E-state index contributed by atoms with van der Waals surface area (Å²) in [6.07, 6.45) is 3.41. The first kappa shape index (κ1) is 29.9. The summed E-state index contributed by atoms with van der Waals surface area (Å²) in [5, 5.41) is 14.1. The van der Waals surface area contributed by atoms with Crippen molar-refractivity contribution in [2.75, 3.05) is 30.1 Å². The molecule has 1 fully saturated rings. The van der Waals surface area contributed by atoms with Crippen molar-refractivity contribution < 1.29 is 24.2 Å². The van der Waals surface area contributed by atoms with Crippen LogP contribution in [0.1, 0.15) is 53.2 Å². The summed E-state index contributed by atoms with van der Waals surface area (Å²) in [4.78, 5) is 38.9. The Labute approximate surface area is 248 Å². The second-order valence-electron chi connectivity index (χ2n) is 10.1. The number of benzene rings is 3. The molecule has 0 spiro atoms. The van der Waals surface area contributed by atoms with Gasteiger partial charge in [0.2, 0.25) is 11.8 Å². The molecular weight excluding hydrogens is 588 g/mol. The van der Waals surface area contributed by atoms with E-state index >= 15 is 0 Å². The lowest BCUT2D eigenvalue weighted by atomic mass is 10.1. The van der Waals surface area contributed by atoms with Gasteiger partial charge in [0.1, 0.15) is 11.3 Å². The Balaban J connectivity index is 1.70. The van der Waals surface area contributed by atoms with Crippen LogP contribution in [0.4, 0.5) is 17.1 Å². The number of carboxylic acid groups (broad SMARTS) is 1. The van der Waals surface area contributed by atoms with Crippen LogP contribution in [0.5, 0.6) is 5.75 Å². The van der Waals surface area contributed by atoms with Gasteiger partial charge in [-0.2, -0.15) is 0 Å². The predicted molar refractivity (Wildman–Crippen MR) is 163 cm³/mol. The molecule has 3 N–H and O–H groups in total. The molecule has 0 bridgehead atoms. The number of hydrogen-bond acceptors (Lipinski definition) is 6. The fourth-order valence-electron chi connectivity index (χ4n) is 4.97. The Kier molecular flexibility index (Phi) is 9.88. The zero-order chi connectivity index (χ0) is 29.5. The Morgan fingerprint density at radius 2 is 1.76 bits per heavy atom. The van der Waals surface area contributed by atoms with E-state index in [0.29, 0.717) is 16.6 Å². The standard InChI is InChI=1S/C31H35BrN4O5/c1-20-8-7-9-27(35-14-5-4-6-15-35)30(20)36(24-12-10-22(11-13-24)19-33-21(2)37)34-29(38)17-23-16-28(41-3)25(31(39)40)18-26(23)32/h7-13,16,18H,4-6,14-15,17,19H2,1-3H3,(H,33,37)(H,34,38)(H,39,40). The van der Waals surface area contributed by atoms with E-state index in [-0.39, 0.29) is 29.5 Å². The zero-order valence-electron chi connectivity index (χ0n) is 23.5. The van der Waals surface area contributed by atoms with Crippen LogP contribution in [0.15, 0.2) is 59.1 Å². The molecule has 2 amide bonds. The number of ether oxygens (including phenoxy) is 1. The van der Waals surface area contributed by atoms with Crippen molar-refractivity contribution in [3.05, 3.63) is 81.3 Å². The Hall–Kier alpha value is -4.05. The number of hydrogen-bond donors (Lipinski definition) is 3. The summed E-state index contributed by atoms with van der Waals surface area (Å²) in [6.45, 7) is 5.80. The van der Waals surface area contributed by atoms with Crippen molar-refractivity contribution in [2.45, 2.75) is 46.1 Å². The molecule has 0 atom stereocenters. The van der Waals surface area contributed by atoms with E-state index in [0.717, 1.165) is 54.1 Å². The van der Waals surface area contributed by atoms with Gasteiger partial charge < -0.3 is 20.1 Å². The van der Waals surface area contributed by atoms with E-state index in [2.05, 4.69) is 37.6 Å². The number of halogens is 1. The van der Waals surface area contributed by atoms with E-state index in [1.807, 2.05) is 48.3 Å². The van der Waals surface area contributed by atoms with E-state index in [9.17, 15) is 19.5 Å². The summed E-state index contributed by atoms with van der Waals surface area (Å²) < 4.78 is 5.78. The van der Waals surface area contributed by atoms with E-state index in [1.54, 1.807) is 6.07 Å². The lowest BCUT2D eigenvalue weighted by Crippen LogP contribution is -2.41. The second kappa shape index (κ2) is 13.5. The number of aryl methyl sites for hydroxylation is 1. The normalized spacial score (nSPS) is 12.9. The minimum Gasteiger partial charge on any atom is -0.496 e. The highest BCUT2D eigenvalue weighted by Crippen LogP contribution is 2.38. The Morgan fingerprint density at radius 3 is 2.39 bits per heavy atom. The summed E-state index contributed by atoms with van der Waals surface area (Å²) in [6, 6.07) is 16.9. The molecule has 41 heavy (non-hydrogen) atoms. The fraction of sp³-hybridized carbons (Fsp3) is 0.323. The predicted octanol–water partition coefficient (Wildman–Crippen LogP) is 5.50. The molecule has 1 heterocycles. The largest absolute Gasteiger partial charge is 0.496 e. The van der Waals surface area contributed by atoms with Crippen molar-refractivity contribution in [3.8, 4) is 5.75 Å². The van der Waals surface area contributed by atoms with Crippen molar-refractivity contribution in [2.24, 2.45) is 0 Å². The fourth-order valence-corrected chi connectivity index (χ4v) is 5.45. The number of carbonyl (C=O) groups excluding carboxylic acids is 2. The molecule has 1 aliphatic rings. The molecule has 0 unspecified atom stereocenters. The van der Waals surface area contributed by atoms with Gasteiger partial charge in [0.25, 0.3) is 0 Å². The average Bonchev–Trinajstić information content (AvgIpc) is 2.96. The highest BCUT2D eigenvalue weighted by Gasteiger charge is 2.24. The van der Waals surface area contributed by atoms with Crippen LogP contribution in [0.25, 0.3) is 0 Å². The first-order chi connectivity index (χ1) is 19.7. The Morgan fingerprint density at radius 1 is 1.05 bits per heavy atom. The lowest BCUT2D eigenvalue weighted by molar-refractivity contribution is -0.120. The molecule has 1 saturated heterocycles. The number of nitrogens with zero attached hydrogens (tertiary/aromatic N) is 2. The zero-order valence-corrected chi connectivity index (χ0v) is 25.1. The van der Waals surface area contributed by atoms with Gasteiger partial charge in [-0.3, -0.25) is 20.0 Å². The molecule has 0 aliphatic carbocycles. The average molecular weight is 624 g/mol. The number of carboxylic acids is 1. The number of carbonyl (C=O) groups is 3. The number of hydrazine groups is 1. The van der Waals surface area contributed by atoms with Gasteiger partial charge in [-0.1, -0.05) is 40.2 Å². The van der Waals surface area contributed by atoms with E-state index in [1.165, 1.54) is 26.5 Å². The number of methoxy groups -OCH3 is 1. The molecule has 3 aromatic carbocycles. The minimum atomic E-state index is -1.11. The maximum Gasteiger partial charge on any atom is 0.339 e. The van der Waals surface area contributed by atoms with Crippen LogP contribution in [0, 0.1) is 6.92 Å². The van der Waals surface area contributed by atoms with Crippen LogP contribution >= 0.6 is 15.9 Å². The van der Waals surface area contributed by atoms with Crippen LogP contribution < -0.4 is 25.4 Å². The number of para-hydroxylation sites is 1. The number of rotatable bonds is 10. The quantitative estimate of drug-likeness (QED) is 0.256. The van der Waals surface area contributed by atoms with E-state index in [4.69, 9.17) is 4.74 Å². The van der Waals surface area contributed by atoms with Crippen LogP contribution in [-0.4, -0.2) is 43.1 Å². The number of piperidine rings is 1. The summed E-state index contributed by atoms with van der Waals surface area (Å²) >= 11 is 3.42. The number of amides is 2. The molecule has 0 radical (unpaired) electrons. The minimum absolute atomic E-state index is 0.00981. The first-order valence-electron chi connectivity index (χ1n) is 13.5. The van der Waals surface area contributed by atoms with Gasteiger partial charge in [0.15, 0.2) is 0 Å². The number of aromatic carboxylic acids is 1. The van der Waals surface area contributed by atoms with Crippen molar-refractivity contribution >= 4 is 50.8 Å². The molecule has 4 rings (SSSR count). The third-order valence-electron chi connectivity index (χ3n) is 7.06. The van der Waals surface area contributed by atoms with E-state index < -0.39 is 5.97 Å². The maximum absolute atomic E-state index is 13.6. The molecule has 216 valence electrons. The third-order valence-corrected chi connectivity index (χ3v) is 7.80. The number of nitrogens with one attached hydrogen (secondary N) is 2. The highest BCUT2D eigenvalue weighted by atomic mass is 79.9. The van der Waals surface area contributed by atoms with Crippen LogP contribution in [0.3, 0.4) is 0 Å². The molecular formula is C31H35BrN4O5. The van der Waals surface area contributed by atoms with Gasteiger partial charge >= 0.3 is 5.97 Å². The van der Waals surface area contributed by atoms with Crippen molar-refractivity contribution in [1.29, 1.82) is 0 Å². The van der Waals surface area contributed by atoms with Crippen LogP contribution in [-0.2, 0) is 22.6 Å². The molecule has 0 saturated carbocycles. The SMILES string of the molecule is COc1cc(CC(=O)NN(c2ccc(CNC(C)=O)cc2)c2c(C)cccc2N2CCCCC2)c(Br)cc1C(=O)O. The summed E-state index contributed by atoms with van der Waals surface area (Å²) in [7, 11) is 1.40. The van der Waals surface area contributed by atoms with Gasteiger partial charge in [-0.05, 0) is 73.2 Å². The third kappa shape index (κ3) is 7.38. The van der Waals surface area contributed by atoms with Crippen LogP contribution in [0.2, 0.25) is 0 Å². The van der Waals surface area contributed by atoms with Gasteiger partial charge in [0.05, 0.1) is 30.6 Å². The second-order valence-corrected chi connectivity index (χ2v) is 10.9. The van der Waals surface area contributed by atoms with Crippen molar-refractivity contribution in [1.82, 2.24) is 10.7 Å². The van der Waals surface area contributed by atoms with Gasteiger partial charge in [-0.25, -0.2) is 4.79 Å². The van der Waals surface area contributed by atoms with Crippen molar-refractivity contribution in [3.63, 3.8) is 0 Å². The molecule has 10 heteroatoms. The number of anilines is 3. The topological polar surface area (TPSA) is 111 Å². The molecule has 3 aromatic rings. The maximum atomic E-state index is 13.6. The summed E-state index contributed by atoms with van der Waals surface area (Å²) in [5.41, 5.74) is 8.34. The monoisotopic (exact) mass is 622 g/mol. The smallest absolute Gasteiger partial charge is 0.339 e. The summed E-state index contributed by atoms with van der Waals surface area (Å²) in [5.74, 6) is -1.32. The first-order valence-corrected chi connectivity index (χ1v) is 14.3. The van der Waals surface area contributed by atoms with Gasteiger partial charge in [0, 0.05) is 31.0 Å². The van der Waals surface area contributed by atoms with Gasteiger partial charge in [-0.15, -0.1) is 0 Å². The lowest BCUT2D eigenvalue weighted by Gasteiger charge is -2.35. The molecule has 0 aromatic heterocycles. The molecule has 9 nitrogen and oxygen atoms in total. The highest BCUT2D eigenvalue weighted by molar-refractivity contribution is 9.10.